The molecule has 3 rings (SSSR count). The molecule has 1 aliphatic rings. The van der Waals surface area contributed by atoms with Crippen molar-refractivity contribution in [2.45, 2.75) is 17.9 Å². The molecule has 100 valence electrons. The van der Waals surface area contributed by atoms with Gasteiger partial charge in [-0.1, -0.05) is 5.21 Å². The van der Waals surface area contributed by atoms with Crippen LogP contribution >= 0.6 is 0 Å². The van der Waals surface area contributed by atoms with Crippen LogP contribution in [0.4, 0.5) is 5.69 Å². The predicted octanol–water partition coefficient (Wildman–Crippen LogP) is -0.354. The van der Waals surface area contributed by atoms with Crippen LogP contribution in [-0.4, -0.2) is 35.6 Å². The van der Waals surface area contributed by atoms with Gasteiger partial charge in [0, 0.05) is 12.2 Å². The minimum absolute atomic E-state index is 0.00810. The van der Waals surface area contributed by atoms with Gasteiger partial charge in [0.05, 0.1) is 11.4 Å². The van der Waals surface area contributed by atoms with Gasteiger partial charge in [-0.25, -0.2) is 13.1 Å². The Morgan fingerprint density at radius 1 is 1.37 bits per heavy atom. The van der Waals surface area contributed by atoms with Crippen LogP contribution in [0.3, 0.4) is 0 Å². The Labute approximate surface area is 109 Å². The fourth-order valence-corrected chi connectivity index (χ4v) is 2.98. The second-order valence-electron chi connectivity index (χ2n) is 4.15. The fourth-order valence-electron chi connectivity index (χ4n) is 1.95. The van der Waals surface area contributed by atoms with Crippen LogP contribution < -0.4 is 10.0 Å². The van der Waals surface area contributed by atoms with E-state index in [2.05, 4.69) is 30.7 Å². The van der Waals surface area contributed by atoms with Crippen molar-refractivity contribution >= 4 is 15.7 Å². The van der Waals surface area contributed by atoms with Crippen LogP contribution in [0.25, 0.3) is 0 Å². The second kappa shape index (κ2) is 4.59. The Balaban J connectivity index is 1.80. The number of nitrogens with zero attached hydrogens (tertiary/aromatic N) is 3. The fraction of sp³-hybridized carbons (Fsp3) is 0.300. The summed E-state index contributed by atoms with van der Waals surface area (Å²) >= 11 is 0. The number of fused-ring (bicyclic) bond motifs is 1. The number of aromatic amines is 1. The van der Waals surface area contributed by atoms with Crippen LogP contribution in [0.5, 0.6) is 0 Å². The van der Waals surface area contributed by atoms with E-state index in [9.17, 15) is 8.42 Å². The van der Waals surface area contributed by atoms with Gasteiger partial charge in [0.1, 0.15) is 0 Å². The maximum atomic E-state index is 12.1. The first-order valence-corrected chi connectivity index (χ1v) is 7.22. The highest BCUT2D eigenvalue weighted by Crippen LogP contribution is 2.24. The van der Waals surface area contributed by atoms with Crippen molar-refractivity contribution in [3.63, 3.8) is 0 Å². The normalized spacial score (nSPS) is 14.1. The second-order valence-corrected chi connectivity index (χ2v) is 5.92. The van der Waals surface area contributed by atoms with Gasteiger partial charge >= 0.3 is 0 Å². The summed E-state index contributed by atoms with van der Waals surface area (Å²) in [6, 6.07) is 5.05. The van der Waals surface area contributed by atoms with Gasteiger partial charge in [-0.3, -0.25) is 0 Å². The van der Waals surface area contributed by atoms with E-state index in [1.807, 2.05) is 0 Å². The van der Waals surface area contributed by atoms with E-state index in [4.69, 9.17) is 0 Å². The Kier molecular flexibility index (Phi) is 2.91. The lowest BCUT2D eigenvalue weighted by atomic mass is 10.2. The predicted molar refractivity (Wildman–Crippen MR) is 66.8 cm³/mol. The summed E-state index contributed by atoms with van der Waals surface area (Å²) in [6.45, 7) is 0.850. The molecule has 0 saturated carbocycles. The van der Waals surface area contributed by atoms with Gasteiger partial charge in [-0.2, -0.15) is 5.21 Å². The van der Waals surface area contributed by atoms with E-state index in [1.165, 1.54) is 0 Å². The average Bonchev–Trinajstić information content (AvgIpc) is 3.06. The first-order chi connectivity index (χ1) is 9.15. The zero-order chi connectivity index (χ0) is 13.3. The molecule has 0 fully saturated rings. The molecule has 9 heteroatoms. The highest BCUT2D eigenvalue weighted by Gasteiger charge is 2.18. The van der Waals surface area contributed by atoms with Gasteiger partial charge in [0.2, 0.25) is 10.0 Å². The Morgan fingerprint density at radius 2 is 2.26 bits per heavy atom. The number of anilines is 1. The number of nitrogens with one attached hydrogen (secondary N) is 3. The molecule has 0 amide bonds. The summed E-state index contributed by atoms with van der Waals surface area (Å²) in [7, 11) is -3.56. The molecule has 8 nitrogen and oxygen atoms in total. The number of H-pyrrole nitrogens is 1. The number of rotatable bonds is 4. The zero-order valence-corrected chi connectivity index (χ0v) is 10.7. The quantitative estimate of drug-likeness (QED) is 0.705. The Hall–Kier alpha value is -2.00. The molecule has 0 bridgehead atoms. The molecule has 0 atom stereocenters. The van der Waals surface area contributed by atoms with E-state index < -0.39 is 10.0 Å². The third-order valence-electron chi connectivity index (χ3n) is 2.91. The van der Waals surface area contributed by atoms with Crippen LogP contribution in [-0.2, 0) is 23.0 Å². The monoisotopic (exact) mass is 280 g/mol. The van der Waals surface area contributed by atoms with Gasteiger partial charge in [0.25, 0.3) is 0 Å². The summed E-state index contributed by atoms with van der Waals surface area (Å²) in [5.74, 6) is 0.298. The largest absolute Gasteiger partial charge is 0.384 e. The molecule has 1 aromatic carbocycles. The highest BCUT2D eigenvalue weighted by molar-refractivity contribution is 7.89. The van der Waals surface area contributed by atoms with Crippen molar-refractivity contribution in [1.29, 1.82) is 0 Å². The molecule has 2 heterocycles. The number of benzene rings is 1. The molecule has 1 aromatic heterocycles. The molecule has 0 aliphatic carbocycles. The highest BCUT2D eigenvalue weighted by atomic mass is 32.2. The molecule has 2 aromatic rings. The summed E-state index contributed by atoms with van der Waals surface area (Å²) in [6.07, 6.45) is 0.837. The summed E-state index contributed by atoms with van der Waals surface area (Å²) in [5, 5.41) is 16.2. The average molecular weight is 280 g/mol. The molecule has 0 radical (unpaired) electrons. The van der Waals surface area contributed by atoms with E-state index in [1.54, 1.807) is 18.2 Å². The number of hydrogen-bond donors (Lipinski definition) is 3. The summed E-state index contributed by atoms with van der Waals surface area (Å²) in [4.78, 5) is 0.249. The molecule has 0 unspecified atom stereocenters. The minimum Gasteiger partial charge on any atom is -0.384 e. The van der Waals surface area contributed by atoms with E-state index in [0.29, 0.717) is 5.82 Å². The molecule has 1 aliphatic heterocycles. The number of sulfonamides is 1. The topological polar surface area (TPSA) is 113 Å². The van der Waals surface area contributed by atoms with Gasteiger partial charge in [-0.05, 0) is 30.2 Å². The molecular formula is C10H12N6O2S. The van der Waals surface area contributed by atoms with Crippen molar-refractivity contribution in [2.75, 3.05) is 11.9 Å². The Morgan fingerprint density at radius 3 is 3.05 bits per heavy atom. The van der Waals surface area contributed by atoms with Crippen molar-refractivity contribution in [1.82, 2.24) is 25.3 Å². The third kappa shape index (κ3) is 2.42. The third-order valence-corrected chi connectivity index (χ3v) is 4.31. The lowest BCUT2D eigenvalue weighted by molar-refractivity contribution is 0.579. The lowest BCUT2D eigenvalue weighted by Gasteiger charge is -2.06. The van der Waals surface area contributed by atoms with Gasteiger partial charge in [0.15, 0.2) is 5.82 Å². The SMILES string of the molecule is O=S(=O)(NCc1nn[nH]n1)c1ccc2c(c1)CCN2. The van der Waals surface area contributed by atoms with Crippen molar-refractivity contribution in [2.24, 2.45) is 0 Å². The summed E-state index contributed by atoms with van der Waals surface area (Å²) < 4.78 is 26.7. The number of tetrazole rings is 1. The van der Waals surface area contributed by atoms with Crippen LogP contribution in [0.15, 0.2) is 23.1 Å². The molecule has 0 saturated heterocycles. The van der Waals surface area contributed by atoms with Gasteiger partial charge < -0.3 is 5.32 Å². The number of aromatic nitrogens is 4. The minimum atomic E-state index is -3.56. The maximum Gasteiger partial charge on any atom is 0.240 e. The first-order valence-electron chi connectivity index (χ1n) is 5.74. The van der Waals surface area contributed by atoms with E-state index in [0.717, 1.165) is 24.2 Å². The van der Waals surface area contributed by atoms with E-state index >= 15 is 0 Å². The van der Waals surface area contributed by atoms with Gasteiger partial charge in [-0.15, -0.1) is 10.2 Å². The van der Waals surface area contributed by atoms with E-state index in [-0.39, 0.29) is 11.4 Å². The first kappa shape index (κ1) is 12.1. The van der Waals surface area contributed by atoms with Crippen molar-refractivity contribution in [3.05, 3.63) is 29.6 Å². The van der Waals surface area contributed by atoms with Crippen molar-refractivity contribution in [3.8, 4) is 0 Å². The molecule has 19 heavy (non-hydrogen) atoms. The maximum absolute atomic E-state index is 12.1. The Bertz CT molecular complexity index is 682. The zero-order valence-electron chi connectivity index (χ0n) is 9.92. The molecular weight excluding hydrogens is 268 g/mol. The molecule has 0 spiro atoms. The number of hydrogen-bond acceptors (Lipinski definition) is 6. The van der Waals surface area contributed by atoms with Crippen LogP contribution in [0.2, 0.25) is 0 Å². The lowest BCUT2D eigenvalue weighted by Crippen LogP contribution is -2.24. The standard InChI is InChI=1S/C10H12N6O2S/c17-19(18,12-6-10-13-15-16-14-10)8-1-2-9-7(5-8)3-4-11-9/h1-2,5,11-12H,3-4,6H2,(H,13,14,15,16). The van der Waals surface area contributed by atoms with Crippen molar-refractivity contribution < 1.29 is 8.42 Å². The molecule has 3 N–H and O–H groups in total. The smallest absolute Gasteiger partial charge is 0.240 e. The summed E-state index contributed by atoms with van der Waals surface area (Å²) in [5.41, 5.74) is 2.01. The van der Waals surface area contributed by atoms with Crippen LogP contribution in [0.1, 0.15) is 11.4 Å². The van der Waals surface area contributed by atoms with Crippen LogP contribution in [0, 0.1) is 0 Å².